The number of anilines is 3. The lowest BCUT2D eigenvalue weighted by Crippen LogP contribution is -2.26. The number of aromatic nitrogens is 1. The standard InChI is InChI=1S/C92H76N2/c1-89(2,3)58-86(90(4,5)6)71-25-13-12-24-70(71)65-41-51-77-74-28-16-20-32-82(74)92(85(77)56-65)81-31-19-15-27-73(81)76-50-40-64(55-84(76)92)62-38-47-68(48-39-62)94-87-33-21-17-29-78(87)79-54-63(42-53-88(79)94)61-36-45-67(46-37-61)93(66-43-34-60(35-44-66)59-22-10-9-11-23-59)69-49-52-75-72-26-14-18-30-80(72)91(7,8)83(75)57-69/h9-57,86H,58H2,1-8H3. The Morgan fingerprint density at radius 3 is 1.37 bits per heavy atom. The molecule has 3 aliphatic carbocycles. The molecule has 0 amide bonds. The van der Waals surface area contributed by atoms with E-state index in [-0.39, 0.29) is 16.2 Å². The Morgan fingerprint density at radius 1 is 0.319 bits per heavy atom. The van der Waals surface area contributed by atoms with Crippen LogP contribution in [0.5, 0.6) is 0 Å². The van der Waals surface area contributed by atoms with E-state index in [9.17, 15) is 0 Å². The largest absolute Gasteiger partial charge is 0.310 e. The van der Waals surface area contributed by atoms with Gasteiger partial charge in [0.05, 0.1) is 16.4 Å². The summed E-state index contributed by atoms with van der Waals surface area (Å²) in [6.07, 6.45) is 1.11. The molecule has 0 saturated carbocycles. The minimum absolute atomic E-state index is 0.0826. The third-order valence-electron chi connectivity index (χ3n) is 21.2. The van der Waals surface area contributed by atoms with Gasteiger partial charge in [0.1, 0.15) is 0 Å². The van der Waals surface area contributed by atoms with Gasteiger partial charge < -0.3 is 9.47 Å². The van der Waals surface area contributed by atoms with E-state index < -0.39 is 5.41 Å². The highest BCUT2D eigenvalue weighted by Crippen LogP contribution is 2.64. The summed E-state index contributed by atoms with van der Waals surface area (Å²) in [7, 11) is 0. The summed E-state index contributed by atoms with van der Waals surface area (Å²) in [6, 6.07) is 112. The van der Waals surface area contributed by atoms with Gasteiger partial charge in [-0.1, -0.05) is 274 Å². The van der Waals surface area contributed by atoms with Gasteiger partial charge in [0.15, 0.2) is 0 Å². The maximum atomic E-state index is 2.57. The molecule has 2 nitrogen and oxygen atoms in total. The summed E-state index contributed by atoms with van der Waals surface area (Å²) in [5, 5.41) is 2.47. The molecule has 2 unspecified atom stereocenters. The molecular weight excluding hydrogens is 1130 g/mol. The van der Waals surface area contributed by atoms with Crippen LogP contribution in [0.15, 0.2) is 297 Å². The highest BCUT2D eigenvalue weighted by molar-refractivity contribution is 6.10. The summed E-state index contributed by atoms with van der Waals surface area (Å²) in [5.41, 5.74) is 33.8. The molecule has 2 atom stereocenters. The SMILES string of the molecule is CC(C)(C)CC(c1ccccc1-c1ccc2c(c1)C1(c3ccccc3-c3ccc(-c4ccc(-n5c6ccccc6c6cc(-c7ccc(N(c8ccc(-c9ccccc9)cc8)c8ccc9c(c8)C(C)(C)c8ccccc8-9)cc7)ccc65)cc4)cc31)c1ccccc1-2)C(C)(C)C. The van der Waals surface area contributed by atoms with Crippen LogP contribution in [0, 0.1) is 10.8 Å². The number of nitrogens with zero attached hydrogens (tertiary/aromatic N) is 2. The summed E-state index contributed by atoms with van der Waals surface area (Å²) >= 11 is 0. The van der Waals surface area contributed by atoms with Gasteiger partial charge in [-0.3, -0.25) is 0 Å². The third kappa shape index (κ3) is 9.05. The number of fused-ring (bicyclic) bond motifs is 16. The number of rotatable bonds is 10. The fourth-order valence-electron chi connectivity index (χ4n) is 16.8. The summed E-state index contributed by atoms with van der Waals surface area (Å²) in [6.45, 7) is 19.1. The van der Waals surface area contributed by atoms with Crippen molar-refractivity contribution in [2.45, 2.75) is 78.6 Å². The normalized spacial score (nSPS) is 15.1. The molecule has 0 radical (unpaired) electrons. The molecule has 454 valence electrons. The molecule has 0 fully saturated rings. The molecule has 1 spiro atoms. The average Bonchev–Trinajstić information content (AvgIpc) is 1.51. The van der Waals surface area contributed by atoms with Crippen molar-refractivity contribution in [3.8, 4) is 83.6 Å². The van der Waals surface area contributed by atoms with Crippen molar-refractivity contribution < 1.29 is 0 Å². The minimum atomic E-state index is -0.498. The molecule has 1 aromatic heterocycles. The Bertz CT molecular complexity index is 5300. The molecule has 0 aliphatic heterocycles. The van der Waals surface area contributed by atoms with Crippen LogP contribution < -0.4 is 4.90 Å². The molecule has 1 heterocycles. The van der Waals surface area contributed by atoms with Crippen LogP contribution in [0.2, 0.25) is 0 Å². The molecule has 0 saturated heterocycles. The lowest BCUT2D eigenvalue weighted by Gasteiger charge is -2.37. The Morgan fingerprint density at radius 2 is 0.745 bits per heavy atom. The van der Waals surface area contributed by atoms with E-state index >= 15 is 0 Å². The van der Waals surface area contributed by atoms with Gasteiger partial charge in [-0.05, 0) is 219 Å². The first kappa shape index (κ1) is 57.4. The van der Waals surface area contributed by atoms with Crippen LogP contribution in [0.4, 0.5) is 17.1 Å². The molecule has 17 rings (SSSR count). The smallest absolute Gasteiger partial charge is 0.0725 e. The fraction of sp³-hybridized carbons (Fsp3) is 0.152. The van der Waals surface area contributed by atoms with Crippen LogP contribution in [0.25, 0.3) is 105 Å². The van der Waals surface area contributed by atoms with E-state index in [1.54, 1.807) is 0 Å². The Hall–Kier alpha value is -10.5. The zero-order chi connectivity index (χ0) is 63.8. The highest BCUT2D eigenvalue weighted by atomic mass is 15.1. The van der Waals surface area contributed by atoms with E-state index in [1.165, 1.54) is 139 Å². The monoisotopic (exact) mass is 1210 g/mol. The van der Waals surface area contributed by atoms with E-state index in [0.29, 0.717) is 5.92 Å². The van der Waals surface area contributed by atoms with E-state index in [2.05, 4.69) is 362 Å². The molecule has 0 N–H and O–H groups in total. The zero-order valence-corrected chi connectivity index (χ0v) is 55.0. The topological polar surface area (TPSA) is 8.17 Å². The number of hydrogen-bond acceptors (Lipinski definition) is 1. The second kappa shape index (κ2) is 21.5. The minimum Gasteiger partial charge on any atom is -0.310 e. The first-order valence-corrected chi connectivity index (χ1v) is 33.6. The van der Waals surface area contributed by atoms with Crippen LogP contribution in [0.3, 0.4) is 0 Å². The number of hydrogen-bond donors (Lipinski definition) is 0. The number of para-hydroxylation sites is 1. The fourth-order valence-corrected chi connectivity index (χ4v) is 16.8. The average molecular weight is 1210 g/mol. The van der Waals surface area contributed by atoms with E-state index in [0.717, 1.165) is 29.2 Å². The second-order valence-electron chi connectivity index (χ2n) is 29.5. The lowest BCUT2D eigenvalue weighted by molar-refractivity contribution is 0.229. The zero-order valence-electron chi connectivity index (χ0n) is 55.0. The van der Waals surface area contributed by atoms with Gasteiger partial charge >= 0.3 is 0 Å². The van der Waals surface area contributed by atoms with E-state index in [1.807, 2.05) is 0 Å². The molecule has 2 heteroatoms. The third-order valence-corrected chi connectivity index (χ3v) is 21.2. The molecule has 13 aromatic carbocycles. The second-order valence-corrected chi connectivity index (χ2v) is 29.5. The van der Waals surface area contributed by atoms with Crippen molar-refractivity contribution in [2.75, 3.05) is 4.90 Å². The Labute approximate surface area is 554 Å². The predicted molar refractivity (Wildman–Crippen MR) is 397 cm³/mol. The van der Waals surface area contributed by atoms with Crippen LogP contribution in [-0.2, 0) is 10.8 Å². The highest BCUT2D eigenvalue weighted by Gasteiger charge is 2.52. The molecule has 3 aliphatic rings. The maximum absolute atomic E-state index is 2.57. The molecule has 94 heavy (non-hydrogen) atoms. The molecule has 14 aromatic rings. The summed E-state index contributed by atoms with van der Waals surface area (Å²) < 4.78 is 2.45. The van der Waals surface area contributed by atoms with Gasteiger partial charge in [-0.2, -0.15) is 0 Å². The van der Waals surface area contributed by atoms with Crippen molar-refractivity contribution in [2.24, 2.45) is 10.8 Å². The lowest BCUT2D eigenvalue weighted by atomic mass is 9.67. The van der Waals surface area contributed by atoms with Gasteiger partial charge in [-0.25, -0.2) is 0 Å². The Kier molecular flexibility index (Phi) is 13.1. The van der Waals surface area contributed by atoms with Gasteiger partial charge in [-0.15, -0.1) is 0 Å². The first-order chi connectivity index (χ1) is 45.6. The van der Waals surface area contributed by atoms with Gasteiger partial charge in [0, 0.05) is 38.9 Å². The van der Waals surface area contributed by atoms with Gasteiger partial charge in [0.2, 0.25) is 0 Å². The van der Waals surface area contributed by atoms with Crippen molar-refractivity contribution in [1.29, 1.82) is 0 Å². The quantitative estimate of drug-likeness (QED) is 0.132. The van der Waals surface area contributed by atoms with Crippen molar-refractivity contribution in [3.05, 3.63) is 336 Å². The first-order valence-electron chi connectivity index (χ1n) is 33.6. The summed E-state index contributed by atoms with van der Waals surface area (Å²) in [5.74, 6) is 0.382. The maximum Gasteiger partial charge on any atom is 0.0725 e. The van der Waals surface area contributed by atoms with Crippen LogP contribution in [0.1, 0.15) is 107 Å². The number of benzene rings is 13. The van der Waals surface area contributed by atoms with Crippen molar-refractivity contribution >= 4 is 38.9 Å². The predicted octanol–water partition coefficient (Wildman–Crippen LogP) is 25.1. The Balaban J connectivity index is 0.721. The van der Waals surface area contributed by atoms with Crippen molar-refractivity contribution in [3.63, 3.8) is 0 Å². The van der Waals surface area contributed by atoms with Crippen LogP contribution >= 0.6 is 0 Å². The van der Waals surface area contributed by atoms with Crippen LogP contribution in [-0.4, -0.2) is 4.57 Å². The molecule has 0 bridgehead atoms. The van der Waals surface area contributed by atoms with Crippen molar-refractivity contribution in [1.82, 2.24) is 4.57 Å². The summed E-state index contributed by atoms with van der Waals surface area (Å²) in [4.78, 5) is 2.42. The molecular formula is C92H76N2. The van der Waals surface area contributed by atoms with E-state index in [4.69, 9.17) is 0 Å². The van der Waals surface area contributed by atoms with Gasteiger partial charge in [0.25, 0.3) is 0 Å².